The maximum absolute atomic E-state index is 12.8. The van der Waals surface area contributed by atoms with Crippen LogP contribution in [-0.4, -0.2) is 46.0 Å². The first-order valence-electron chi connectivity index (χ1n) is 6.84. The number of nitrogens with zero attached hydrogens (tertiary/aromatic N) is 1. The second kappa shape index (κ2) is 6.67. The molecule has 1 aromatic rings. The summed E-state index contributed by atoms with van der Waals surface area (Å²) in [7, 11) is 0.000859. The summed E-state index contributed by atoms with van der Waals surface area (Å²) in [6.07, 6.45) is 1.90. The molecule has 0 spiro atoms. The standard InChI is InChI=1S/C14H22N2O3S/c1-15-13-7-5-9-16(10-13)20(17,18)14-8-4-3-6-12(14)11-19-2/h3-4,6,8,13,15H,5,7,9-11H2,1-2H3. The van der Waals surface area contributed by atoms with E-state index in [0.29, 0.717) is 30.2 Å². The van der Waals surface area contributed by atoms with Crippen molar-refractivity contribution in [3.63, 3.8) is 0 Å². The van der Waals surface area contributed by atoms with E-state index in [4.69, 9.17) is 4.74 Å². The molecule has 5 nitrogen and oxygen atoms in total. The monoisotopic (exact) mass is 298 g/mol. The molecule has 0 radical (unpaired) electrons. The predicted molar refractivity (Wildman–Crippen MR) is 78.0 cm³/mol. The van der Waals surface area contributed by atoms with E-state index in [-0.39, 0.29) is 6.04 Å². The third kappa shape index (κ3) is 3.20. The van der Waals surface area contributed by atoms with Crippen LogP contribution in [0.2, 0.25) is 0 Å². The van der Waals surface area contributed by atoms with Crippen LogP contribution in [-0.2, 0) is 21.4 Å². The van der Waals surface area contributed by atoms with E-state index in [9.17, 15) is 8.42 Å². The Morgan fingerprint density at radius 1 is 1.40 bits per heavy atom. The number of hydrogen-bond donors (Lipinski definition) is 1. The smallest absolute Gasteiger partial charge is 0.243 e. The highest BCUT2D eigenvalue weighted by Crippen LogP contribution is 2.24. The van der Waals surface area contributed by atoms with Gasteiger partial charge in [0.1, 0.15) is 0 Å². The molecule has 20 heavy (non-hydrogen) atoms. The fourth-order valence-corrected chi connectivity index (χ4v) is 4.30. The summed E-state index contributed by atoms with van der Waals surface area (Å²) in [6.45, 7) is 1.42. The summed E-state index contributed by atoms with van der Waals surface area (Å²) >= 11 is 0. The van der Waals surface area contributed by atoms with Crippen LogP contribution < -0.4 is 5.32 Å². The Morgan fingerprint density at radius 2 is 2.15 bits per heavy atom. The summed E-state index contributed by atoms with van der Waals surface area (Å²) in [5, 5.41) is 3.17. The normalized spacial score (nSPS) is 21.0. The summed E-state index contributed by atoms with van der Waals surface area (Å²) < 4.78 is 32.2. The van der Waals surface area contributed by atoms with Gasteiger partial charge >= 0.3 is 0 Å². The number of rotatable bonds is 5. The Balaban J connectivity index is 2.30. The minimum Gasteiger partial charge on any atom is -0.380 e. The molecule has 1 aliphatic heterocycles. The summed E-state index contributed by atoms with van der Waals surface area (Å²) in [6, 6.07) is 7.28. The van der Waals surface area contributed by atoms with Gasteiger partial charge < -0.3 is 10.1 Å². The van der Waals surface area contributed by atoms with Gasteiger partial charge in [-0.2, -0.15) is 4.31 Å². The Labute approximate surface area is 121 Å². The first-order chi connectivity index (χ1) is 9.59. The molecule has 1 N–H and O–H groups in total. The molecule has 0 amide bonds. The predicted octanol–water partition coefficient (Wildman–Crippen LogP) is 1.21. The fraction of sp³-hybridized carbons (Fsp3) is 0.571. The van der Waals surface area contributed by atoms with Crippen LogP contribution in [0.15, 0.2) is 29.2 Å². The Kier molecular flexibility index (Phi) is 5.15. The molecular formula is C14H22N2O3S. The lowest BCUT2D eigenvalue weighted by Crippen LogP contribution is -2.47. The average Bonchev–Trinajstić information content (AvgIpc) is 2.48. The van der Waals surface area contributed by atoms with E-state index in [1.54, 1.807) is 29.6 Å². The van der Waals surface area contributed by atoms with Crippen molar-refractivity contribution in [1.29, 1.82) is 0 Å². The topological polar surface area (TPSA) is 58.6 Å². The highest BCUT2D eigenvalue weighted by atomic mass is 32.2. The number of methoxy groups -OCH3 is 1. The molecule has 1 fully saturated rings. The van der Waals surface area contributed by atoms with Crippen LogP contribution in [0, 0.1) is 0 Å². The van der Waals surface area contributed by atoms with Gasteiger partial charge in [-0.15, -0.1) is 0 Å². The highest BCUT2D eigenvalue weighted by molar-refractivity contribution is 7.89. The molecule has 2 rings (SSSR count). The lowest BCUT2D eigenvalue weighted by molar-refractivity contribution is 0.182. The second-order valence-corrected chi connectivity index (χ2v) is 6.94. The number of sulfonamides is 1. The van der Waals surface area contributed by atoms with Crippen molar-refractivity contribution in [2.24, 2.45) is 0 Å². The maximum Gasteiger partial charge on any atom is 0.243 e. The molecule has 0 bridgehead atoms. The second-order valence-electron chi connectivity index (χ2n) is 5.03. The number of likely N-dealkylation sites (N-methyl/N-ethyl adjacent to an activating group) is 1. The van der Waals surface area contributed by atoms with Crippen LogP contribution in [0.3, 0.4) is 0 Å². The van der Waals surface area contributed by atoms with Crippen molar-refractivity contribution in [2.75, 3.05) is 27.2 Å². The van der Waals surface area contributed by atoms with Crippen molar-refractivity contribution >= 4 is 10.0 Å². The first kappa shape index (κ1) is 15.4. The van der Waals surface area contributed by atoms with Crippen molar-refractivity contribution in [1.82, 2.24) is 9.62 Å². The van der Waals surface area contributed by atoms with Gasteiger partial charge in [0.25, 0.3) is 0 Å². The van der Waals surface area contributed by atoms with Gasteiger partial charge in [-0.05, 0) is 31.5 Å². The number of hydrogen-bond acceptors (Lipinski definition) is 4. The average molecular weight is 298 g/mol. The first-order valence-corrected chi connectivity index (χ1v) is 8.28. The van der Waals surface area contributed by atoms with E-state index >= 15 is 0 Å². The van der Waals surface area contributed by atoms with Crippen molar-refractivity contribution < 1.29 is 13.2 Å². The van der Waals surface area contributed by atoms with Gasteiger partial charge in [-0.3, -0.25) is 0 Å². The van der Waals surface area contributed by atoms with E-state index in [2.05, 4.69) is 5.32 Å². The third-order valence-corrected chi connectivity index (χ3v) is 5.65. The van der Waals surface area contributed by atoms with E-state index in [0.717, 1.165) is 12.8 Å². The fourth-order valence-electron chi connectivity index (χ4n) is 2.57. The molecule has 1 aliphatic rings. The molecule has 1 unspecified atom stereocenters. The molecule has 0 aliphatic carbocycles. The van der Waals surface area contributed by atoms with Crippen LogP contribution >= 0.6 is 0 Å². The van der Waals surface area contributed by atoms with Crippen molar-refractivity contribution in [2.45, 2.75) is 30.4 Å². The van der Waals surface area contributed by atoms with E-state index in [1.807, 2.05) is 13.1 Å². The van der Waals surface area contributed by atoms with Crippen LogP contribution in [0.5, 0.6) is 0 Å². The zero-order valence-electron chi connectivity index (χ0n) is 12.0. The lowest BCUT2D eigenvalue weighted by Gasteiger charge is -2.32. The lowest BCUT2D eigenvalue weighted by atomic mass is 10.1. The molecule has 1 saturated heterocycles. The number of benzene rings is 1. The minimum atomic E-state index is -3.44. The molecule has 1 heterocycles. The van der Waals surface area contributed by atoms with E-state index < -0.39 is 10.0 Å². The summed E-state index contributed by atoms with van der Waals surface area (Å²) in [4.78, 5) is 0.360. The largest absolute Gasteiger partial charge is 0.380 e. The number of nitrogens with one attached hydrogen (secondary N) is 1. The zero-order valence-corrected chi connectivity index (χ0v) is 12.8. The molecule has 0 aromatic heterocycles. The van der Waals surface area contributed by atoms with Crippen molar-refractivity contribution in [3.05, 3.63) is 29.8 Å². The summed E-state index contributed by atoms with van der Waals surface area (Å²) in [5.74, 6) is 0. The van der Waals surface area contributed by atoms with Crippen LogP contribution in [0.4, 0.5) is 0 Å². The molecule has 1 aromatic carbocycles. The SMILES string of the molecule is CNC1CCCN(S(=O)(=O)c2ccccc2COC)C1. The molecular weight excluding hydrogens is 276 g/mol. The van der Waals surface area contributed by atoms with Crippen molar-refractivity contribution in [3.8, 4) is 0 Å². The molecule has 112 valence electrons. The minimum absolute atomic E-state index is 0.230. The van der Waals surface area contributed by atoms with Gasteiger partial charge in [0.2, 0.25) is 10.0 Å². The van der Waals surface area contributed by atoms with Gasteiger partial charge in [0, 0.05) is 26.2 Å². The Hall–Kier alpha value is -0.950. The summed E-state index contributed by atoms with van der Waals surface area (Å²) in [5.41, 5.74) is 0.710. The van der Waals surface area contributed by atoms with Gasteiger partial charge in [0.15, 0.2) is 0 Å². The maximum atomic E-state index is 12.8. The van der Waals surface area contributed by atoms with Gasteiger partial charge in [-0.25, -0.2) is 8.42 Å². The molecule has 1 atom stereocenters. The van der Waals surface area contributed by atoms with E-state index in [1.165, 1.54) is 0 Å². The molecule has 6 heteroatoms. The highest BCUT2D eigenvalue weighted by Gasteiger charge is 2.30. The molecule has 0 saturated carbocycles. The Morgan fingerprint density at radius 3 is 2.85 bits per heavy atom. The van der Waals surface area contributed by atoms with Gasteiger partial charge in [0.05, 0.1) is 11.5 Å². The third-order valence-electron chi connectivity index (χ3n) is 3.68. The quantitative estimate of drug-likeness (QED) is 0.887. The number of ether oxygens (including phenoxy) is 1. The van der Waals surface area contributed by atoms with Gasteiger partial charge in [-0.1, -0.05) is 18.2 Å². The Bertz CT molecular complexity index is 545. The number of piperidine rings is 1. The van der Waals surface area contributed by atoms with Crippen LogP contribution in [0.25, 0.3) is 0 Å². The van der Waals surface area contributed by atoms with Crippen LogP contribution in [0.1, 0.15) is 18.4 Å². The zero-order chi connectivity index (χ0) is 14.6.